The maximum atomic E-state index is 13.7. The Morgan fingerprint density at radius 3 is 2.42 bits per heavy atom. The highest BCUT2D eigenvalue weighted by Crippen LogP contribution is 2.61. The Balaban J connectivity index is 1.30. The Hall–Kier alpha value is -1.82. The van der Waals surface area contributed by atoms with Gasteiger partial charge in [-0.05, 0) is 67.9 Å². The molecule has 0 atom stereocenters. The first kappa shape index (κ1) is 16.4. The van der Waals surface area contributed by atoms with Crippen LogP contribution in [0.15, 0.2) is 24.3 Å². The maximum absolute atomic E-state index is 13.7. The van der Waals surface area contributed by atoms with E-state index in [4.69, 9.17) is 0 Å². The van der Waals surface area contributed by atoms with E-state index in [1.807, 2.05) is 0 Å². The highest BCUT2D eigenvalue weighted by atomic mass is 32.1. The lowest BCUT2D eigenvalue weighted by atomic mass is 9.50. The molecule has 1 aromatic heterocycles. The summed E-state index contributed by atoms with van der Waals surface area (Å²) in [5.41, 5.74) is 0.594. The van der Waals surface area contributed by atoms with Gasteiger partial charge in [0.25, 0.3) is 0 Å². The lowest BCUT2D eigenvalue weighted by Crippen LogP contribution is -2.48. The van der Waals surface area contributed by atoms with Crippen molar-refractivity contribution in [2.75, 3.05) is 5.32 Å². The van der Waals surface area contributed by atoms with Gasteiger partial charge in [-0.3, -0.25) is 4.79 Å². The topological polar surface area (TPSA) is 54.9 Å². The van der Waals surface area contributed by atoms with E-state index >= 15 is 0 Å². The molecule has 4 nitrogen and oxygen atoms in total. The fourth-order valence-corrected chi connectivity index (χ4v) is 6.82. The molecule has 1 aromatic carbocycles. The van der Waals surface area contributed by atoms with Crippen LogP contribution in [0.2, 0.25) is 0 Å². The number of aromatic nitrogens is 2. The van der Waals surface area contributed by atoms with Crippen LogP contribution in [0.5, 0.6) is 0 Å². The van der Waals surface area contributed by atoms with Gasteiger partial charge in [-0.15, -0.1) is 10.2 Å². The summed E-state index contributed by atoms with van der Waals surface area (Å²) in [6.45, 7) is 0. The fourth-order valence-electron chi connectivity index (χ4n) is 5.84. The van der Waals surface area contributed by atoms with E-state index in [-0.39, 0.29) is 23.6 Å². The van der Waals surface area contributed by atoms with Crippen LogP contribution in [-0.2, 0) is 16.6 Å². The van der Waals surface area contributed by atoms with E-state index in [1.165, 1.54) is 55.9 Å². The summed E-state index contributed by atoms with van der Waals surface area (Å²) < 4.78 is 13.7. The molecule has 4 aliphatic rings. The molecular formula is C20H22FN3OS. The van der Waals surface area contributed by atoms with Gasteiger partial charge in [-0.25, -0.2) is 4.39 Å². The van der Waals surface area contributed by atoms with E-state index in [0.29, 0.717) is 10.7 Å². The number of hydrogen-bond acceptors (Lipinski definition) is 4. The molecular weight excluding hydrogens is 349 g/mol. The van der Waals surface area contributed by atoms with Crippen molar-refractivity contribution in [1.29, 1.82) is 0 Å². The van der Waals surface area contributed by atoms with E-state index in [1.54, 1.807) is 18.2 Å². The Morgan fingerprint density at radius 2 is 1.77 bits per heavy atom. The van der Waals surface area contributed by atoms with Gasteiger partial charge in [0.2, 0.25) is 11.0 Å². The monoisotopic (exact) mass is 371 g/mol. The molecule has 6 rings (SSSR count). The number of amides is 1. The van der Waals surface area contributed by atoms with Crippen LogP contribution in [0.3, 0.4) is 0 Å². The molecule has 4 aliphatic carbocycles. The predicted molar refractivity (Wildman–Crippen MR) is 98.5 cm³/mol. The third-order valence-electron chi connectivity index (χ3n) is 6.47. The second-order valence-corrected chi connectivity index (χ2v) is 9.40. The van der Waals surface area contributed by atoms with Gasteiger partial charge >= 0.3 is 0 Å². The molecule has 1 heterocycles. The average molecular weight is 371 g/mol. The lowest BCUT2D eigenvalue weighted by molar-refractivity contribution is -0.115. The summed E-state index contributed by atoms with van der Waals surface area (Å²) in [5, 5.41) is 13.1. The minimum atomic E-state index is -0.353. The van der Waals surface area contributed by atoms with E-state index < -0.39 is 0 Å². The number of nitrogens with one attached hydrogen (secondary N) is 1. The molecule has 0 radical (unpaired) electrons. The number of nitrogens with zero attached hydrogens (tertiary/aromatic N) is 2. The van der Waals surface area contributed by atoms with E-state index in [2.05, 4.69) is 15.5 Å². The van der Waals surface area contributed by atoms with Gasteiger partial charge in [0.15, 0.2) is 0 Å². The quantitative estimate of drug-likeness (QED) is 0.870. The molecule has 4 saturated carbocycles. The number of benzene rings is 1. The van der Waals surface area contributed by atoms with Crippen LogP contribution in [-0.4, -0.2) is 16.1 Å². The summed E-state index contributed by atoms with van der Waals surface area (Å²) in [5.74, 6) is 1.95. The van der Waals surface area contributed by atoms with Crippen LogP contribution in [0.4, 0.5) is 9.52 Å². The second-order valence-electron chi connectivity index (χ2n) is 8.43. The molecule has 1 N–H and O–H groups in total. The van der Waals surface area contributed by atoms with Crippen molar-refractivity contribution in [3.63, 3.8) is 0 Å². The molecule has 136 valence electrons. The first-order valence-electron chi connectivity index (χ1n) is 9.47. The van der Waals surface area contributed by atoms with Gasteiger partial charge in [0.1, 0.15) is 10.8 Å². The van der Waals surface area contributed by atoms with Gasteiger partial charge in [0, 0.05) is 5.41 Å². The van der Waals surface area contributed by atoms with Crippen molar-refractivity contribution in [2.24, 2.45) is 17.8 Å². The SMILES string of the molecule is O=C(Cc1ccccc1F)Nc1nnc(C23CC4CC(CC(C4)C2)C3)s1. The molecule has 6 heteroatoms. The van der Waals surface area contributed by atoms with E-state index in [9.17, 15) is 9.18 Å². The Labute approximate surface area is 156 Å². The zero-order valence-corrected chi connectivity index (χ0v) is 15.4. The van der Waals surface area contributed by atoms with Crippen molar-refractivity contribution in [3.05, 3.63) is 40.7 Å². The summed E-state index contributed by atoms with van der Waals surface area (Å²) in [6.07, 6.45) is 7.89. The largest absolute Gasteiger partial charge is 0.300 e. The molecule has 2 aromatic rings. The van der Waals surface area contributed by atoms with Crippen LogP contribution < -0.4 is 5.32 Å². The van der Waals surface area contributed by atoms with Gasteiger partial charge in [0.05, 0.1) is 6.42 Å². The van der Waals surface area contributed by atoms with Crippen molar-refractivity contribution >= 4 is 22.4 Å². The van der Waals surface area contributed by atoms with Crippen LogP contribution in [0.1, 0.15) is 49.1 Å². The molecule has 0 saturated heterocycles. The molecule has 0 unspecified atom stereocenters. The van der Waals surface area contributed by atoms with E-state index in [0.717, 1.165) is 22.8 Å². The Bertz CT molecular complexity index is 814. The summed E-state index contributed by atoms with van der Waals surface area (Å²) in [6, 6.07) is 6.37. The average Bonchev–Trinajstić information content (AvgIpc) is 3.05. The van der Waals surface area contributed by atoms with Crippen LogP contribution >= 0.6 is 11.3 Å². The fraction of sp³-hybridized carbons (Fsp3) is 0.550. The zero-order chi connectivity index (χ0) is 17.7. The third kappa shape index (κ3) is 2.84. The van der Waals surface area contributed by atoms with Gasteiger partial charge in [-0.2, -0.15) is 0 Å². The van der Waals surface area contributed by atoms with Gasteiger partial charge < -0.3 is 5.32 Å². The number of halogens is 1. The minimum Gasteiger partial charge on any atom is -0.300 e. The maximum Gasteiger partial charge on any atom is 0.230 e. The number of hydrogen-bond donors (Lipinski definition) is 1. The summed E-state index contributed by atoms with van der Waals surface area (Å²) in [4.78, 5) is 12.3. The third-order valence-corrected chi connectivity index (χ3v) is 7.56. The Kier molecular flexibility index (Phi) is 3.85. The highest BCUT2D eigenvalue weighted by molar-refractivity contribution is 7.15. The van der Waals surface area contributed by atoms with Crippen molar-refractivity contribution in [1.82, 2.24) is 10.2 Å². The van der Waals surface area contributed by atoms with Crippen molar-refractivity contribution in [2.45, 2.75) is 50.4 Å². The normalized spacial score (nSPS) is 32.0. The molecule has 0 aliphatic heterocycles. The molecule has 4 fully saturated rings. The second kappa shape index (κ2) is 6.12. The standard InChI is InChI=1S/C20H22FN3OS/c21-16-4-2-1-3-15(16)8-17(25)22-19-24-23-18(26-19)20-9-12-5-13(10-20)7-14(6-12)11-20/h1-4,12-14H,5-11H2,(H,22,24,25). The van der Waals surface area contributed by atoms with Crippen molar-refractivity contribution in [3.8, 4) is 0 Å². The first-order valence-corrected chi connectivity index (χ1v) is 10.3. The molecule has 4 bridgehead atoms. The molecule has 0 spiro atoms. The van der Waals surface area contributed by atoms with Crippen LogP contribution in [0, 0.1) is 23.6 Å². The van der Waals surface area contributed by atoms with Crippen LogP contribution in [0.25, 0.3) is 0 Å². The summed E-state index contributed by atoms with van der Waals surface area (Å²) in [7, 11) is 0. The zero-order valence-electron chi connectivity index (χ0n) is 14.6. The number of carbonyl (C=O) groups excluding carboxylic acids is 1. The van der Waals surface area contributed by atoms with Gasteiger partial charge in [-0.1, -0.05) is 29.5 Å². The predicted octanol–water partition coefficient (Wildman–Crippen LogP) is 4.33. The number of rotatable bonds is 4. The number of anilines is 1. The smallest absolute Gasteiger partial charge is 0.230 e. The first-order chi connectivity index (χ1) is 12.6. The number of carbonyl (C=O) groups is 1. The van der Waals surface area contributed by atoms with Crippen molar-refractivity contribution < 1.29 is 9.18 Å². The highest BCUT2D eigenvalue weighted by Gasteiger charge is 2.53. The molecule has 26 heavy (non-hydrogen) atoms. The summed E-state index contributed by atoms with van der Waals surface area (Å²) >= 11 is 1.52. The minimum absolute atomic E-state index is 0.0128. The molecule has 1 amide bonds. The lowest BCUT2D eigenvalue weighted by Gasteiger charge is -2.55. The Morgan fingerprint density at radius 1 is 1.12 bits per heavy atom.